The lowest BCUT2D eigenvalue weighted by molar-refractivity contribution is -0.966. The third-order valence-electron chi connectivity index (χ3n) is 6.92. The molecule has 1 atom stereocenters. The Balaban J connectivity index is -0.000000292. The van der Waals surface area contributed by atoms with Gasteiger partial charge in [0.15, 0.2) is 0 Å². The molecule has 0 heterocycles. The van der Waals surface area contributed by atoms with Gasteiger partial charge in [-0.25, -0.2) is 0 Å². The molecule has 0 aliphatic rings. The minimum atomic E-state index is -6.00. The lowest BCUT2D eigenvalue weighted by Gasteiger charge is -2.41. The van der Waals surface area contributed by atoms with Gasteiger partial charge in [-0.3, -0.25) is 4.48 Å². The largest absolute Gasteiger partial charge is 0.673 e. The van der Waals surface area contributed by atoms with Gasteiger partial charge in [-0.05, 0) is 44.9 Å². The predicted octanol–water partition coefficient (Wildman–Crippen LogP) is 11.9. The van der Waals surface area contributed by atoms with E-state index in [1.807, 2.05) is 20.8 Å². The van der Waals surface area contributed by atoms with Crippen LogP contribution < -0.4 is 0 Å². The Morgan fingerprint density at radius 3 is 0.909 bits per heavy atom. The minimum absolute atomic E-state index is 0.228. The molecule has 0 amide bonds. The van der Waals surface area contributed by atoms with Crippen LogP contribution in [-0.4, -0.2) is 81.8 Å². The fraction of sp³-hybridized carbons (Fsp3) is 1.00. The molecule has 0 N–H and O–H groups in total. The smallest absolute Gasteiger partial charge is 0.418 e. The molecule has 44 heavy (non-hydrogen) atoms. The van der Waals surface area contributed by atoms with Crippen molar-refractivity contribution in [3.63, 3.8) is 0 Å². The maximum absolute atomic E-state index is 14.7. The van der Waals surface area contributed by atoms with Crippen molar-refractivity contribution in [3.05, 3.63) is 0 Å². The second-order valence-electron chi connectivity index (χ2n) is 11.3. The molecule has 0 fully saturated rings. The number of quaternary nitrogens is 2. The Hall–Kier alpha value is -0.790. The van der Waals surface area contributed by atoms with Crippen LogP contribution in [0.1, 0.15) is 126 Å². The number of halogens is 12. The number of unbranched alkanes of at least 4 members (excludes halogenated alkanes) is 3. The van der Waals surface area contributed by atoms with Crippen molar-refractivity contribution in [1.29, 1.82) is 0 Å². The molecule has 1 unspecified atom stereocenters. The second-order valence-corrected chi connectivity index (χ2v) is 11.3. The van der Waals surface area contributed by atoms with E-state index in [1.165, 1.54) is 56.3 Å². The summed E-state index contributed by atoms with van der Waals surface area (Å²) in [5.41, 5.74) is 0. The molecular formula is C28H60B2F12N2. The zero-order valence-corrected chi connectivity index (χ0v) is 28.1. The molecule has 0 saturated carbocycles. The third kappa shape index (κ3) is 37.4. The van der Waals surface area contributed by atoms with E-state index in [0.717, 1.165) is 38.5 Å². The van der Waals surface area contributed by atoms with Crippen LogP contribution in [0, 0.1) is 0 Å². The van der Waals surface area contributed by atoms with Crippen LogP contribution >= 0.6 is 0 Å². The molecule has 0 aromatic heterocycles. The number of nitrogens with zero attached hydrogens (tertiary/aromatic N) is 2. The lowest BCUT2D eigenvalue weighted by atomic mass is 10.1. The first-order valence-corrected chi connectivity index (χ1v) is 16.2. The van der Waals surface area contributed by atoms with E-state index >= 15 is 0 Å². The van der Waals surface area contributed by atoms with E-state index in [9.17, 15) is 52.1 Å². The first-order chi connectivity index (χ1) is 20.1. The summed E-state index contributed by atoms with van der Waals surface area (Å²) >= 11 is 0. The van der Waals surface area contributed by atoms with E-state index < -0.39 is 39.8 Å². The van der Waals surface area contributed by atoms with Gasteiger partial charge >= 0.3 is 20.7 Å². The summed E-state index contributed by atoms with van der Waals surface area (Å²) in [7, 11) is -12.0. The Morgan fingerprint density at radius 2 is 0.727 bits per heavy atom. The quantitative estimate of drug-likeness (QED) is 0.0522. The van der Waals surface area contributed by atoms with Crippen molar-refractivity contribution in [3.8, 4) is 0 Å². The summed E-state index contributed by atoms with van der Waals surface area (Å²) in [4.78, 5) is 0. The number of rotatable bonds is 20. The Bertz CT molecular complexity index is 544. The van der Waals surface area contributed by atoms with Gasteiger partial charge < -0.3 is 39.0 Å². The molecule has 2 nitrogen and oxygen atoms in total. The topological polar surface area (TPSA) is 0 Å². The zero-order valence-electron chi connectivity index (χ0n) is 28.1. The number of hydrogen-bond acceptors (Lipinski definition) is 0. The van der Waals surface area contributed by atoms with Crippen LogP contribution in [0.4, 0.5) is 52.1 Å². The molecule has 0 aromatic rings. The van der Waals surface area contributed by atoms with Gasteiger partial charge in [-0.15, -0.1) is 0 Å². The minimum Gasteiger partial charge on any atom is -0.418 e. The molecule has 16 heteroatoms. The maximum Gasteiger partial charge on any atom is 0.673 e. The fourth-order valence-corrected chi connectivity index (χ4v) is 5.30. The number of hydrogen-bond donors (Lipinski definition) is 0. The summed E-state index contributed by atoms with van der Waals surface area (Å²) in [5, 5.41) is 0. The highest BCUT2D eigenvalue weighted by atomic mass is 19.5. The Kier molecular flexibility index (Phi) is 31.1. The van der Waals surface area contributed by atoms with Gasteiger partial charge in [0.05, 0.1) is 52.2 Å². The first kappa shape index (κ1) is 50.1. The van der Waals surface area contributed by atoms with Gasteiger partial charge in [0.1, 0.15) is 0 Å². The summed E-state index contributed by atoms with van der Waals surface area (Å²) in [6.45, 7) is 22.9. The molecule has 0 spiro atoms. The normalized spacial score (nSPS) is 13.2. The van der Waals surface area contributed by atoms with Crippen LogP contribution in [0.25, 0.3) is 0 Å². The highest BCUT2D eigenvalue weighted by molar-refractivity contribution is 6.50. The maximum atomic E-state index is 14.7. The SMILES string of the molecule is CCCC[N+](CCCC)(CCCC)C(F)CCC(F)(F)F.CCC[N+](CCC)(CCC)CCC.F[B-](F)(F)F.F[B-](F)(F)F. The van der Waals surface area contributed by atoms with Crippen LogP contribution in [0.5, 0.6) is 0 Å². The standard InChI is InChI=1S/C16H32F4N.C12H28N.2BF4/c1-4-7-12-21(13-8-5-2,14-9-6-3)15(17)10-11-16(18,19)20;1-5-9-13(10-6-2,11-7-3)12-8-4;2*2-1(3,4)5/h15H,4-14H2,1-3H3;5-12H2,1-4H3;;/q2*+1;2*-1. The highest BCUT2D eigenvalue weighted by Gasteiger charge is 2.39. The van der Waals surface area contributed by atoms with Crippen molar-refractivity contribution in [1.82, 2.24) is 0 Å². The van der Waals surface area contributed by atoms with E-state index in [-0.39, 0.29) is 4.48 Å². The molecule has 0 rings (SSSR count). The van der Waals surface area contributed by atoms with Crippen LogP contribution in [0.2, 0.25) is 0 Å². The van der Waals surface area contributed by atoms with Crippen LogP contribution in [0.15, 0.2) is 0 Å². The van der Waals surface area contributed by atoms with E-state index in [2.05, 4.69) is 27.7 Å². The van der Waals surface area contributed by atoms with E-state index in [0.29, 0.717) is 19.6 Å². The van der Waals surface area contributed by atoms with Gasteiger partial charge in [0.2, 0.25) is 6.30 Å². The molecule has 0 aliphatic carbocycles. The lowest BCUT2D eigenvalue weighted by Crippen LogP contribution is -2.55. The monoisotopic (exact) mass is 674 g/mol. The number of alkyl halides is 4. The van der Waals surface area contributed by atoms with Gasteiger partial charge in [0.25, 0.3) is 0 Å². The first-order valence-electron chi connectivity index (χ1n) is 16.2. The third-order valence-corrected chi connectivity index (χ3v) is 6.92. The van der Waals surface area contributed by atoms with Crippen molar-refractivity contribution in [2.75, 3.05) is 45.8 Å². The predicted molar refractivity (Wildman–Crippen MR) is 161 cm³/mol. The summed E-state index contributed by atoms with van der Waals surface area (Å²) in [5.74, 6) is 0. The molecular weight excluding hydrogens is 614 g/mol. The van der Waals surface area contributed by atoms with Crippen LogP contribution in [-0.2, 0) is 0 Å². The van der Waals surface area contributed by atoms with Crippen LogP contribution in [0.3, 0.4) is 0 Å². The summed E-state index contributed by atoms with van der Waals surface area (Å²) in [6.07, 6.45) is 3.73. The molecule has 0 bridgehead atoms. The second kappa shape index (κ2) is 27.3. The molecule has 0 aromatic carbocycles. The van der Waals surface area contributed by atoms with Gasteiger partial charge in [-0.1, -0.05) is 67.7 Å². The fourth-order valence-electron chi connectivity index (χ4n) is 5.30. The molecule has 272 valence electrons. The zero-order chi connectivity index (χ0) is 35.5. The van der Waals surface area contributed by atoms with E-state index in [4.69, 9.17) is 0 Å². The van der Waals surface area contributed by atoms with Gasteiger partial charge in [0, 0.05) is 6.42 Å². The van der Waals surface area contributed by atoms with E-state index in [1.54, 1.807) is 0 Å². The molecule has 0 radical (unpaired) electrons. The summed E-state index contributed by atoms with van der Waals surface area (Å²) in [6, 6.07) is 0. The molecule has 0 saturated heterocycles. The Labute approximate surface area is 259 Å². The average molecular weight is 674 g/mol. The molecule has 0 aliphatic heterocycles. The van der Waals surface area contributed by atoms with Gasteiger partial charge in [-0.2, -0.15) is 17.6 Å². The summed E-state index contributed by atoms with van der Waals surface area (Å²) < 4.78 is 131. The average Bonchev–Trinajstić information content (AvgIpc) is 2.86. The van der Waals surface area contributed by atoms with Crippen molar-refractivity contribution >= 4 is 14.5 Å². The van der Waals surface area contributed by atoms with Crippen molar-refractivity contribution in [2.45, 2.75) is 138 Å². The highest BCUT2D eigenvalue weighted by Crippen LogP contribution is 2.29. The Morgan fingerprint density at radius 1 is 0.477 bits per heavy atom. The van der Waals surface area contributed by atoms with Crippen molar-refractivity contribution in [2.24, 2.45) is 0 Å². The van der Waals surface area contributed by atoms with Crippen molar-refractivity contribution < 1.29 is 61.1 Å².